The highest BCUT2D eigenvalue weighted by molar-refractivity contribution is 6.30. The Bertz CT molecular complexity index is 1170. The van der Waals surface area contributed by atoms with Gasteiger partial charge >= 0.3 is 0 Å². The number of carbonyl (C=O) groups is 1. The number of likely N-dealkylation sites (N-methyl/N-ethyl adjacent to an activating group) is 1. The van der Waals surface area contributed by atoms with Gasteiger partial charge in [0.15, 0.2) is 0 Å². The lowest BCUT2D eigenvalue weighted by molar-refractivity contribution is -0.130. The lowest BCUT2D eigenvalue weighted by Crippen LogP contribution is -2.32. The Morgan fingerprint density at radius 2 is 1.80 bits per heavy atom. The van der Waals surface area contributed by atoms with Crippen LogP contribution in [0.3, 0.4) is 0 Å². The predicted octanol–water partition coefficient (Wildman–Crippen LogP) is 5.55. The molecule has 4 rings (SSSR count). The number of imidazole rings is 1. The van der Waals surface area contributed by atoms with Crippen molar-refractivity contribution in [3.05, 3.63) is 94.8 Å². The van der Waals surface area contributed by atoms with Crippen molar-refractivity contribution in [2.45, 2.75) is 26.8 Å². The van der Waals surface area contributed by atoms with Crippen molar-refractivity contribution in [2.75, 3.05) is 6.54 Å². The molecule has 0 unspecified atom stereocenters. The molecule has 2 aromatic heterocycles. The molecule has 0 aliphatic carbocycles. The second kappa shape index (κ2) is 8.72. The minimum absolute atomic E-state index is 0.0824. The van der Waals surface area contributed by atoms with Crippen LogP contribution in [0.25, 0.3) is 16.9 Å². The van der Waals surface area contributed by atoms with Crippen LogP contribution in [0.15, 0.2) is 72.9 Å². The third-order valence-corrected chi connectivity index (χ3v) is 5.52. The van der Waals surface area contributed by atoms with Gasteiger partial charge in [0, 0.05) is 29.9 Å². The van der Waals surface area contributed by atoms with Crippen LogP contribution in [0.2, 0.25) is 5.02 Å². The second-order valence-corrected chi connectivity index (χ2v) is 7.85. The fourth-order valence-corrected chi connectivity index (χ4v) is 3.77. The second-order valence-electron chi connectivity index (χ2n) is 7.42. The molecule has 0 atom stereocenters. The van der Waals surface area contributed by atoms with Gasteiger partial charge in [-0.15, -0.1) is 0 Å². The molecule has 0 bridgehead atoms. The normalized spacial score (nSPS) is 11.0. The summed E-state index contributed by atoms with van der Waals surface area (Å²) in [5.74, 6) is 0.0824. The van der Waals surface area contributed by atoms with E-state index in [4.69, 9.17) is 16.6 Å². The molecule has 0 saturated heterocycles. The largest absolute Gasteiger partial charge is 0.338 e. The van der Waals surface area contributed by atoms with Crippen molar-refractivity contribution in [2.24, 2.45) is 0 Å². The lowest BCUT2D eigenvalue weighted by atomic mass is 10.1. The molecular weight excluding hydrogens is 394 g/mol. The van der Waals surface area contributed by atoms with E-state index in [0.29, 0.717) is 18.1 Å². The minimum Gasteiger partial charge on any atom is -0.338 e. The van der Waals surface area contributed by atoms with E-state index in [-0.39, 0.29) is 12.3 Å². The maximum atomic E-state index is 13.3. The molecule has 0 spiro atoms. The quantitative estimate of drug-likeness (QED) is 0.412. The van der Waals surface area contributed by atoms with E-state index >= 15 is 0 Å². The summed E-state index contributed by atoms with van der Waals surface area (Å²) in [5.41, 5.74) is 5.76. The number of hydrogen-bond donors (Lipinski definition) is 0. The molecule has 30 heavy (non-hydrogen) atoms. The molecule has 0 N–H and O–H groups in total. The van der Waals surface area contributed by atoms with Crippen molar-refractivity contribution >= 4 is 23.2 Å². The summed E-state index contributed by atoms with van der Waals surface area (Å²) < 4.78 is 2.02. The highest BCUT2D eigenvalue weighted by Crippen LogP contribution is 2.27. The topological polar surface area (TPSA) is 37.6 Å². The van der Waals surface area contributed by atoms with Crippen LogP contribution < -0.4 is 0 Å². The zero-order chi connectivity index (χ0) is 21.1. The van der Waals surface area contributed by atoms with Crippen molar-refractivity contribution in [1.29, 1.82) is 0 Å². The van der Waals surface area contributed by atoms with E-state index in [0.717, 1.165) is 33.7 Å². The van der Waals surface area contributed by atoms with Crippen LogP contribution >= 0.6 is 11.6 Å². The highest BCUT2D eigenvalue weighted by Gasteiger charge is 2.20. The molecule has 0 aliphatic heterocycles. The monoisotopic (exact) mass is 417 g/mol. The van der Waals surface area contributed by atoms with E-state index in [2.05, 4.69) is 0 Å². The van der Waals surface area contributed by atoms with Gasteiger partial charge in [-0.3, -0.25) is 4.79 Å². The van der Waals surface area contributed by atoms with Gasteiger partial charge < -0.3 is 9.30 Å². The van der Waals surface area contributed by atoms with Crippen LogP contribution in [0.1, 0.15) is 23.7 Å². The van der Waals surface area contributed by atoms with Crippen molar-refractivity contribution in [3.8, 4) is 11.3 Å². The summed E-state index contributed by atoms with van der Waals surface area (Å²) in [5, 5.41) is 0.677. The van der Waals surface area contributed by atoms with Gasteiger partial charge in [0.1, 0.15) is 5.65 Å². The number of amides is 1. The number of nitrogens with zero attached hydrogens (tertiary/aromatic N) is 3. The highest BCUT2D eigenvalue weighted by atomic mass is 35.5. The molecule has 0 saturated carbocycles. The third-order valence-electron chi connectivity index (χ3n) is 5.27. The summed E-state index contributed by atoms with van der Waals surface area (Å²) >= 11 is 6.07. The molecule has 4 aromatic rings. The summed E-state index contributed by atoms with van der Waals surface area (Å²) in [6.45, 7) is 5.31. The number of pyridine rings is 1. The van der Waals surface area contributed by atoms with Crippen LogP contribution in [0.5, 0.6) is 0 Å². The molecule has 2 heterocycles. The Balaban J connectivity index is 1.70. The minimum atomic E-state index is 0.0824. The molecule has 1 amide bonds. The first kappa shape index (κ1) is 20.2. The average Bonchev–Trinajstić information content (AvgIpc) is 3.10. The number of benzene rings is 2. The first-order valence-corrected chi connectivity index (χ1v) is 10.5. The molecule has 0 radical (unpaired) electrons. The first-order valence-electron chi connectivity index (χ1n) is 10.1. The maximum absolute atomic E-state index is 13.3. The van der Waals surface area contributed by atoms with Gasteiger partial charge in [0.2, 0.25) is 5.91 Å². The van der Waals surface area contributed by atoms with Crippen LogP contribution in [0, 0.1) is 6.92 Å². The molecule has 0 fully saturated rings. The molecule has 5 heteroatoms. The van der Waals surface area contributed by atoms with Crippen LogP contribution in [-0.4, -0.2) is 26.7 Å². The van der Waals surface area contributed by atoms with E-state index < -0.39 is 0 Å². The van der Waals surface area contributed by atoms with Crippen LogP contribution in [-0.2, 0) is 17.8 Å². The molecule has 0 aliphatic rings. The summed E-state index contributed by atoms with van der Waals surface area (Å²) in [7, 11) is 0. The average molecular weight is 418 g/mol. The van der Waals surface area contributed by atoms with Crippen LogP contribution in [0.4, 0.5) is 0 Å². The third kappa shape index (κ3) is 4.24. The Morgan fingerprint density at radius 1 is 1.07 bits per heavy atom. The van der Waals surface area contributed by atoms with Gasteiger partial charge in [-0.25, -0.2) is 4.98 Å². The number of halogens is 1. The smallest absolute Gasteiger partial charge is 0.228 e. The van der Waals surface area contributed by atoms with E-state index in [1.165, 1.54) is 0 Å². The summed E-state index contributed by atoms with van der Waals surface area (Å²) in [4.78, 5) is 20.0. The Labute approximate surface area is 181 Å². The van der Waals surface area contributed by atoms with Gasteiger partial charge in [0.05, 0.1) is 17.8 Å². The van der Waals surface area contributed by atoms with Gasteiger partial charge in [-0.05, 0) is 49.2 Å². The maximum Gasteiger partial charge on any atom is 0.228 e. The SMILES string of the molecule is CCN(Cc1ccccc1)C(=O)Cc1c(-c2ccc(Cl)cc2)nc2cc(C)ccn12. The number of aryl methyl sites for hydroxylation is 1. The fraction of sp³-hybridized carbons (Fsp3) is 0.200. The number of aromatic nitrogens is 2. The van der Waals surface area contributed by atoms with Gasteiger partial charge in [-0.1, -0.05) is 54.1 Å². The standard InChI is InChI=1S/C25H24ClN3O/c1-3-28(17-19-7-5-4-6-8-19)24(30)16-22-25(20-9-11-21(26)12-10-20)27-23-15-18(2)13-14-29(22)23/h4-15H,3,16-17H2,1-2H3. The lowest BCUT2D eigenvalue weighted by Gasteiger charge is -2.21. The summed E-state index contributed by atoms with van der Waals surface area (Å²) in [6.07, 6.45) is 2.27. The molecule has 4 nitrogen and oxygen atoms in total. The van der Waals surface area contributed by atoms with E-state index in [9.17, 15) is 4.79 Å². The molecule has 2 aromatic carbocycles. The number of fused-ring (bicyclic) bond motifs is 1. The Hall–Kier alpha value is -3.11. The predicted molar refractivity (Wildman–Crippen MR) is 122 cm³/mol. The molecular formula is C25H24ClN3O. The van der Waals surface area contributed by atoms with E-state index in [1.807, 2.05) is 96.1 Å². The Kier molecular flexibility index (Phi) is 5.86. The van der Waals surface area contributed by atoms with Crippen molar-refractivity contribution < 1.29 is 4.79 Å². The van der Waals surface area contributed by atoms with Crippen molar-refractivity contribution in [1.82, 2.24) is 14.3 Å². The zero-order valence-electron chi connectivity index (χ0n) is 17.2. The van der Waals surface area contributed by atoms with E-state index in [1.54, 1.807) is 0 Å². The Morgan fingerprint density at radius 3 is 2.50 bits per heavy atom. The fourth-order valence-electron chi connectivity index (χ4n) is 3.64. The zero-order valence-corrected chi connectivity index (χ0v) is 17.9. The number of carbonyl (C=O) groups excluding carboxylic acids is 1. The number of rotatable bonds is 6. The summed E-state index contributed by atoms with van der Waals surface area (Å²) in [6, 6.07) is 21.8. The van der Waals surface area contributed by atoms with Gasteiger partial charge in [-0.2, -0.15) is 0 Å². The molecule has 152 valence electrons. The first-order chi connectivity index (χ1) is 14.5. The van der Waals surface area contributed by atoms with Gasteiger partial charge in [0.25, 0.3) is 0 Å². The number of hydrogen-bond acceptors (Lipinski definition) is 2. The van der Waals surface area contributed by atoms with Crippen molar-refractivity contribution in [3.63, 3.8) is 0 Å².